The molecule has 0 N–H and O–H groups in total. The summed E-state index contributed by atoms with van der Waals surface area (Å²) in [6.07, 6.45) is 0. The first-order valence-corrected chi connectivity index (χ1v) is 6.98. The van der Waals surface area contributed by atoms with E-state index in [1.807, 2.05) is 48.5 Å². The van der Waals surface area contributed by atoms with Crippen LogP contribution in [0.4, 0.5) is 0 Å². The number of aromatic nitrogens is 1. The highest BCUT2D eigenvalue weighted by Gasteiger charge is 2.10. The fourth-order valence-corrected chi connectivity index (χ4v) is 3.57. The molecule has 0 aliphatic heterocycles. The average Bonchev–Trinajstić information content (AvgIpc) is 2.68. The first-order valence-electron chi connectivity index (χ1n) is 5.13. The van der Waals surface area contributed by atoms with Gasteiger partial charge in [0.15, 0.2) is 0 Å². The molecule has 0 amide bonds. The fraction of sp³-hybridized carbons (Fsp3) is 0. The Kier molecular flexibility index (Phi) is 2.76. The standard InChI is InChI=1S/C13H8INOS/c14-10-6-2-3-7-11(10)15-13(16)9-5-1-4-8-12(9)17-15/h1-8H. The molecule has 3 aromatic rings. The van der Waals surface area contributed by atoms with Gasteiger partial charge < -0.3 is 0 Å². The molecule has 2 nitrogen and oxygen atoms in total. The third kappa shape index (κ3) is 1.81. The van der Waals surface area contributed by atoms with Crippen LogP contribution in [0, 0.1) is 3.57 Å². The van der Waals surface area contributed by atoms with Crippen molar-refractivity contribution in [1.82, 2.24) is 3.96 Å². The molecule has 1 heterocycles. The quantitative estimate of drug-likeness (QED) is 0.612. The second kappa shape index (κ2) is 4.27. The minimum Gasteiger partial charge on any atom is -0.267 e. The van der Waals surface area contributed by atoms with Gasteiger partial charge in [0.25, 0.3) is 5.56 Å². The van der Waals surface area contributed by atoms with E-state index in [0.29, 0.717) is 0 Å². The maximum absolute atomic E-state index is 12.3. The van der Waals surface area contributed by atoms with Crippen LogP contribution >= 0.6 is 34.1 Å². The predicted octanol–water partition coefficient (Wildman–Crippen LogP) is 3.66. The van der Waals surface area contributed by atoms with Gasteiger partial charge in [0.2, 0.25) is 0 Å². The van der Waals surface area contributed by atoms with Gasteiger partial charge in [0.05, 0.1) is 15.8 Å². The smallest absolute Gasteiger partial charge is 0.267 e. The van der Waals surface area contributed by atoms with Crippen LogP contribution in [-0.2, 0) is 0 Å². The summed E-state index contributed by atoms with van der Waals surface area (Å²) < 4.78 is 3.86. The van der Waals surface area contributed by atoms with E-state index in [2.05, 4.69) is 22.6 Å². The van der Waals surface area contributed by atoms with Gasteiger partial charge in [-0.2, -0.15) is 0 Å². The van der Waals surface area contributed by atoms with Crippen molar-refractivity contribution in [2.24, 2.45) is 0 Å². The zero-order valence-electron chi connectivity index (χ0n) is 8.76. The highest BCUT2D eigenvalue weighted by Crippen LogP contribution is 2.22. The van der Waals surface area contributed by atoms with Crippen LogP contribution in [0.3, 0.4) is 0 Å². The van der Waals surface area contributed by atoms with Gasteiger partial charge >= 0.3 is 0 Å². The Morgan fingerprint density at radius 3 is 2.47 bits per heavy atom. The lowest BCUT2D eigenvalue weighted by molar-refractivity contribution is 1.13. The van der Waals surface area contributed by atoms with Gasteiger partial charge in [0, 0.05) is 3.57 Å². The topological polar surface area (TPSA) is 22.0 Å². The van der Waals surface area contributed by atoms with Crippen LogP contribution in [0.2, 0.25) is 0 Å². The van der Waals surface area contributed by atoms with E-state index in [0.717, 1.165) is 19.3 Å². The molecule has 0 unspecified atom stereocenters. The molecule has 0 fully saturated rings. The van der Waals surface area contributed by atoms with E-state index in [-0.39, 0.29) is 5.56 Å². The second-order valence-corrected chi connectivity index (χ2v) is 5.79. The second-order valence-electron chi connectivity index (χ2n) is 3.64. The molecule has 1 aromatic heterocycles. The summed E-state index contributed by atoms with van der Waals surface area (Å²) in [5, 5.41) is 0.789. The number of hydrogen-bond donors (Lipinski definition) is 0. The van der Waals surface area contributed by atoms with Crippen molar-refractivity contribution in [2.45, 2.75) is 0 Å². The Morgan fingerprint density at radius 2 is 1.71 bits per heavy atom. The zero-order chi connectivity index (χ0) is 11.8. The number of rotatable bonds is 1. The van der Waals surface area contributed by atoms with E-state index in [1.165, 1.54) is 11.5 Å². The molecule has 0 saturated carbocycles. The van der Waals surface area contributed by atoms with Crippen LogP contribution in [0.1, 0.15) is 0 Å². The molecule has 3 rings (SSSR count). The molecule has 0 spiro atoms. The van der Waals surface area contributed by atoms with E-state index in [4.69, 9.17) is 0 Å². The summed E-state index contributed by atoms with van der Waals surface area (Å²) >= 11 is 3.74. The van der Waals surface area contributed by atoms with E-state index in [9.17, 15) is 4.79 Å². The molecule has 17 heavy (non-hydrogen) atoms. The lowest BCUT2D eigenvalue weighted by atomic mass is 10.3. The molecule has 0 saturated heterocycles. The molecule has 4 heteroatoms. The van der Waals surface area contributed by atoms with Gasteiger partial charge in [0.1, 0.15) is 0 Å². The Labute approximate surface area is 116 Å². The number of fused-ring (bicyclic) bond motifs is 1. The van der Waals surface area contributed by atoms with E-state index in [1.54, 1.807) is 3.96 Å². The van der Waals surface area contributed by atoms with Crippen molar-refractivity contribution in [3.63, 3.8) is 0 Å². The summed E-state index contributed by atoms with van der Waals surface area (Å²) in [4.78, 5) is 12.3. The number of hydrogen-bond acceptors (Lipinski definition) is 2. The summed E-state index contributed by atoms with van der Waals surface area (Å²) in [6, 6.07) is 15.6. The normalized spacial score (nSPS) is 10.9. The van der Waals surface area contributed by atoms with Gasteiger partial charge in [-0.3, -0.25) is 4.79 Å². The van der Waals surface area contributed by atoms with Crippen LogP contribution in [0.15, 0.2) is 53.3 Å². The first kappa shape index (κ1) is 11.0. The van der Waals surface area contributed by atoms with Gasteiger partial charge in [-0.05, 0) is 46.9 Å². The first-order chi connectivity index (χ1) is 8.27. The van der Waals surface area contributed by atoms with Crippen molar-refractivity contribution < 1.29 is 0 Å². The van der Waals surface area contributed by atoms with E-state index < -0.39 is 0 Å². The molecule has 2 aromatic carbocycles. The van der Waals surface area contributed by atoms with Gasteiger partial charge in [-0.15, -0.1) is 0 Å². The Bertz CT molecular complexity index is 744. The average molecular weight is 353 g/mol. The summed E-state index contributed by atoms with van der Waals surface area (Å²) in [5.74, 6) is 0. The van der Waals surface area contributed by atoms with Crippen LogP contribution in [-0.4, -0.2) is 3.96 Å². The lowest BCUT2D eigenvalue weighted by Gasteiger charge is -2.02. The summed E-state index contributed by atoms with van der Waals surface area (Å²) in [6.45, 7) is 0. The fourth-order valence-electron chi connectivity index (χ4n) is 1.75. The minimum atomic E-state index is 0.0646. The van der Waals surface area contributed by atoms with Crippen molar-refractivity contribution in [1.29, 1.82) is 0 Å². The SMILES string of the molecule is O=c1c2ccccc2sn1-c1ccccc1I. The lowest BCUT2D eigenvalue weighted by Crippen LogP contribution is -2.11. The molecule has 84 valence electrons. The molecular formula is C13H8INOS. The van der Waals surface area contributed by atoms with Crippen molar-refractivity contribution in [3.05, 3.63) is 62.5 Å². The molecular weight excluding hydrogens is 345 g/mol. The monoisotopic (exact) mass is 353 g/mol. The summed E-state index contributed by atoms with van der Waals surface area (Å²) in [7, 11) is 0. The maximum atomic E-state index is 12.3. The van der Waals surface area contributed by atoms with Crippen LogP contribution in [0.25, 0.3) is 15.8 Å². The number of halogens is 1. The third-order valence-corrected chi connectivity index (χ3v) is 4.57. The molecule has 0 bridgehead atoms. The zero-order valence-corrected chi connectivity index (χ0v) is 11.7. The Morgan fingerprint density at radius 1 is 1.00 bits per heavy atom. The van der Waals surface area contributed by atoms with Gasteiger partial charge in [-0.25, -0.2) is 3.96 Å². The van der Waals surface area contributed by atoms with Crippen molar-refractivity contribution >= 4 is 44.2 Å². The van der Waals surface area contributed by atoms with E-state index >= 15 is 0 Å². The number of nitrogens with zero attached hydrogens (tertiary/aromatic N) is 1. The maximum Gasteiger partial charge on any atom is 0.273 e. The minimum absolute atomic E-state index is 0.0646. The highest BCUT2D eigenvalue weighted by atomic mass is 127. The molecule has 0 atom stereocenters. The van der Waals surface area contributed by atoms with Gasteiger partial charge in [-0.1, -0.05) is 35.8 Å². The highest BCUT2D eigenvalue weighted by molar-refractivity contribution is 14.1. The number of para-hydroxylation sites is 1. The van der Waals surface area contributed by atoms with Crippen LogP contribution in [0.5, 0.6) is 0 Å². The summed E-state index contributed by atoms with van der Waals surface area (Å²) in [5.41, 5.74) is 1.02. The predicted molar refractivity (Wildman–Crippen MR) is 80.1 cm³/mol. The molecule has 0 radical (unpaired) electrons. The largest absolute Gasteiger partial charge is 0.273 e. The van der Waals surface area contributed by atoms with Crippen molar-refractivity contribution in [2.75, 3.05) is 0 Å². The third-order valence-electron chi connectivity index (χ3n) is 2.56. The van der Waals surface area contributed by atoms with Crippen LogP contribution < -0.4 is 5.56 Å². The Hall–Kier alpha value is -1.14. The number of benzene rings is 2. The Balaban J connectivity index is 2.36. The van der Waals surface area contributed by atoms with Crippen molar-refractivity contribution in [3.8, 4) is 5.69 Å². The molecule has 0 aliphatic rings. The molecule has 0 aliphatic carbocycles.